The van der Waals surface area contributed by atoms with Gasteiger partial charge in [-0.1, -0.05) is 35.5 Å². The third-order valence-electron chi connectivity index (χ3n) is 4.84. The molecular formula is C19H23N7O. The fourth-order valence-corrected chi connectivity index (χ4v) is 3.31. The molecule has 1 aliphatic rings. The highest BCUT2D eigenvalue weighted by atomic mass is 16.2. The molecule has 1 aliphatic heterocycles. The zero-order chi connectivity index (χ0) is 18.5. The molecule has 0 spiro atoms. The Morgan fingerprint density at radius 2 is 2.00 bits per heavy atom. The van der Waals surface area contributed by atoms with E-state index in [-0.39, 0.29) is 5.91 Å². The number of hydrogen-bond donors (Lipinski definition) is 2. The van der Waals surface area contributed by atoms with Crippen LogP contribution < -0.4 is 10.6 Å². The molecule has 8 heteroatoms. The third kappa shape index (κ3) is 4.22. The molecule has 1 fully saturated rings. The number of aryl methyl sites for hydroxylation is 2. The van der Waals surface area contributed by atoms with Crippen LogP contribution in [0.2, 0.25) is 0 Å². The first-order valence-electron chi connectivity index (χ1n) is 9.29. The summed E-state index contributed by atoms with van der Waals surface area (Å²) in [7, 11) is 0. The quantitative estimate of drug-likeness (QED) is 0.696. The van der Waals surface area contributed by atoms with Crippen LogP contribution in [0, 0.1) is 0 Å². The molecule has 2 aromatic heterocycles. The van der Waals surface area contributed by atoms with Crippen molar-refractivity contribution < 1.29 is 4.79 Å². The lowest BCUT2D eigenvalue weighted by Gasteiger charge is -2.22. The number of hydrogen-bond acceptors (Lipinski definition) is 5. The van der Waals surface area contributed by atoms with E-state index < -0.39 is 0 Å². The maximum atomic E-state index is 12.6. The Morgan fingerprint density at radius 1 is 1.19 bits per heavy atom. The second-order valence-corrected chi connectivity index (χ2v) is 6.69. The smallest absolute Gasteiger partial charge is 0.278 e. The van der Waals surface area contributed by atoms with Crippen LogP contribution in [0.25, 0.3) is 0 Å². The van der Waals surface area contributed by atoms with Crippen LogP contribution in [-0.2, 0) is 13.0 Å². The summed E-state index contributed by atoms with van der Waals surface area (Å²) in [5.41, 5.74) is 1.56. The minimum atomic E-state index is -0.267. The molecular weight excluding hydrogens is 342 g/mol. The summed E-state index contributed by atoms with van der Waals surface area (Å²) in [5.74, 6) is 0.393. The van der Waals surface area contributed by atoms with E-state index in [2.05, 4.69) is 38.2 Å². The third-order valence-corrected chi connectivity index (χ3v) is 4.84. The zero-order valence-electron chi connectivity index (χ0n) is 15.1. The number of amides is 1. The van der Waals surface area contributed by atoms with Crippen molar-refractivity contribution in [3.05, 3.63) is 60.0 Å². The van der Waals surface area contributed by atoms with E-state index in [4.69, 9.17) is 0 Å². The number of nitrogens with one attached hydrogen (secondary N) is 2. The molecule has 3 aromatic rings. The molecule has 1 saturated heterocycles. The van der Waals surface area contributed by atoms with Gasteiger partial charge >= 0.3 is 0 Å². The SMILES string of the molecule is O=C(Nc1ccnn1CCc1ccccc1)c1cn(C2CCNCC2)nn1. The van der Waals surface area contributed by atoms with E-state index in [1.807, 2.05) is 22.9 Å². The summed E-state index contributed by atoms with van der Waals surface area (Å²) in [5, 5.41) is 18.7. The number of anilines is 1. The number of nitrogens with zero attached hydrogens (tertiary/aromatic N) is 5. The molecule has 140 valence electrons. The Hall–Kier alpha value is -3.00. The van der Waals surface area contributed by atoms with Gasteiger partial charge in [0.15, 0.2) is 5.69 Å². The van der Waals surface area contributed by atoms with Gasteiger partial charge in [-0.3, -0.25) is 4.79 Å². The normalized spacial score (nSPS) is 15.0. The summed E-state index contributed by atoms with van der Waals surface area (Å²) >= 11 is 0. The first-order chi connectivity index (χ1) is 13.3. The maximum Gasteiger partial charge on any atom is 0.278 e. The summed E-state index contributed by atoms with van der Waals surface area (Å²) < 4.78 is 3.60. The molecule has 4 rings (SSSR count). The molecule has 0 aliphatic carbocycles. The van der Waals surface area contributed by atoms with Crippen molar-refractivity contribution in [3.63, 3.8) is 0 Å². The molecule has 0 unspecified atom stereocenters. The number of carbonyl (C=O) groups excluding carboxylic acids is 1. The zero-order valence-corrected chi connectivity index (χ0v) is 15.1. The van der Waals surface area contributed by atoms with E-state index in [0.29, 0.717) is 24.1 Å². The van der Waals surface area contributed by atoms with E-state index in [0.717, 1.165) is 32.4 Å². The Bertz CT molecular complexity index is 880. The average molecular weight is 365 g/mol. The maximum absolute atomic E-state index is 12.6. The largest absolute Gasteiger partial charge is 0.317 e. The summed E-state index contributed by atoms with van der Waals surface area (Å²) in [6.45, 7) is 2.62. The van der Waals surface area contributed by atoms with Crippen LogP contribution in [-0.4, -0.2) is 43.8 Å². The van der Waals surface area contributed by atoms with Crippen molar-refractivity contribution in [2.75, 3.05) is 18.4 Å². The highest BCUT2D eigenvalue weighted by molar-refractivity contribution is 6.02. The predicted molar refractivity (Wildman–Crippen MR) is 101 cm³/mol. The van der Waals surface area contributed by atoms with Crippen LogP contribution in [0.15, 0.2) is 48.8 Å². The van der Waals surface area contributed by atoms with E-state index >= 15 is 0 Å². The van der Waals surface area contributed by atoms with Crippen molar-refractivity contribution in [1.82, 2.24) is 30.1 Å². The van der Waals surface area contributed by atoms with Gasteiger partial charge in [0, 0.05) is 12.6 Å². The molecule has 0 saturated carbocycles. The van der Waals surface area contributed by atoms with E-state index in [1.165, 1.54) is 5.56 Å². The lowest BCUT2D eigenvalue weighted by molar-refractivity contribution is 0.102. The second kappa shape index (κ2) is 8.13. The van der Waals surface area contributed by atoms with Crippen molar-refractivity contribution in [2.24, 2.45) is 0 Å². The minimum Gasteiger partial charge on any atom is -0.317 e. The van der Waals surface area contributed by atoms with Crippen LogP contribution in [0.1, 0.15) is 34.9 Å². The molecule has 2 N–H and O–H groups in total. The van der Waals surface area contributed by atoms with Gasteiger partial charge in [-0.2, -0.15) is 5.10 Å². The standard InChI is InChI=1S/C19H23N7O/c27-19(17-14-26(24-23-17)16-6-10-20-11-7-16)22-18-8-12-21-25(18)13-9-15-4-2-1-3-5-15/h1-5,8,12,14,16,20H,6-7,9-11,13H2,(H,22,27). The molecule has 3 heterocycles. The van der Waals surface area contributed by atoms with E-state index in [9.17, 15) is 4.79 Å². The minimum absolute atomic E-state index is 0.267. The Labute approximate surface area is 157 Å². The molecule has 0 radical (unpaired) electrons. The van der Waals surface area contributed by atoms with Gasteiger partial charge < -0.3 is 10.6 Å². The van der Waals surface area contributed by atoms with Gasteiger partial charge in [-0.05, 0) is 37.9 Å². The van der Waals surface area contributed by atoms with Crippen LogP contribution in [0.4, 0.5) is 5.82 Å². The Morgan fingerprint density at radius 3 is 2.81 bits per heavy atom. The molecule has 0 atom stereocenters. The fourth-order valence-electron chi connectivity index (χ4n) is 3.31. The van der Waals surface area contributed by atoms with Gasteiger partial charge in [0.25, 0.3) is 5.91 Å². The number of rotatable bonds is 6. The predicted octanol–water partition coefficient (Wildman–Crippen LogP) is 1.89. The van der Waals surface area contributed by atoms with Crippen molar-refractivity contribution in [3.8, 4) is 0 Å². The molecule has 27 heavy (non-hydrogen) atoms. The molecule has 0 bridgehead atoms. The van der Waals surface area contributed by atoms with Gasteiger partial charge in [-0.15, -0.1) is 5.10 Å². The molecule has 1 amide bonds. The summed E-state index contributed by atoms with van der Waals surface area (Å²) in [4.78, 5) is 12.6. The highest BCUT2D eigenvalue weighted by Crippen LogP contribution is 2.17. The summed E-state index contributed by atoms with van der Waals surface area (Å²) in [6, 6.07) is 12.3. The van der Waals surface area contributed by atoms with Gasteiger partial charge in [-0.25, -0.2) is 9.36 Å². The van der Waals surface area contributed by atoms with Gasteiger partial charge in [0.2, 0.25) is 0 Å². The Balaban J connectivity index is 1.38. The lowest BCUT2D eigenvalue weighted by Crippen LogP contribution is -2.29. The topological polar surface area (TPSA) is 89.7 Å². The first-order valence-corrected chi connectivity index (χ1v) is 9.29. The number of piperidine rings is 1. The van der Waals surface area contributed by atoms with Crippen LogP contribution in [0.3, 0.4) is 0 Å². The van der Waals surface area contributed by atoms with Gasteiger partial charge in [0.05, 0.1) is 18.4 Å². The fraction of sp³-hybridized carbons (Fsp3) is 0.368. The second-order valence-electron chi connectivity index (χ2n) is 6.69. The lowest BCUT2D eigenvalue weighted by atomic mass is 10.1. The number of carbonyl (C=O) groups is 1. The van der Waals surface area contributed by atoms with Crippen LogP contribution >= 0.6 is 0 Å². The van der Waals surface area contributed by atoms with Crippen molar-refractivity contribution >= 4 is 11.7 Å². The number of benzene rings is 1. The molecule has 8 nitrogen and oxygen atoms in total. The molecule has 1 aromatic carbocycles. The summed E-state index contributed by atoms with van der Waals surface area (Å²) in [6.07, 6.45) is 6.26. The van der Waals surface area contributed by atoms with Crippen molar-refractivity contribution in [2.45, 2.75) is 31.8 Å². The van der Waals surface area contributed by atoms with Crippen molar-refractivity contribution in [1.29, 1.82) is 0 Å². The first kappa shape index (κ1) is 17.4. The number of aromatic nitrogens is 5. The monoisotopic (exact) mass is 365 g/mol. The highest BCUT2D eigenvalue weighted by Gasteiger charge is 2.19. The Kier molecular flexibility index (Phi) is 5.24. The van der Waals surface area contributed by atoms with E-state index in [1.54, 1.807) is 23.1 Å². The van der Waals surface area contributed by atoms with Gasteiger partial charge in [0.1, 0.15) is 5.82 Å². The van der Waals surface area contributed by atoms with Crippen LogP contribution in [0.5, 0.6) is 0 Å². The average Bonchev–Trinajstić information content (AvgIpc) is 3.38.